The standard InChI is InChI=1S/C17H19FN4O6S.C6H7NO2S/c1-10-8-15(27-3)20-16(19-10)21-17(24)22-29(25,26)14-7-5-4-6-12(14)13(9-18)28-11(2)23;7-10(8,9)6-4-2-1-3-5-6/h4-8,13H,9H2,1-3H3,(H2,19,20,21,22,24);1-5H,(H2,7,8,9). The van der Waals surface area contributed by atoms with Crippen molar-refractivity contribution in [1.82, 2.24) is 14.7 Å². The molecule has 0 saturated heterocycles. The number of halogens is 1. The Morgan fingerprint density at radius 2 is 1.64 bits per heavy atom. The van der Waals surface area contributed by atoms with Crippen molar-refractivity contribution in [2.24, 2.45) is 5.14 Å². The van der Waals surface area contributed by atoms with Crippen LogP contribution in [0.25, 0.3) is 0 Å². The van der Waals surface area contributed by atoms with E-state index in [0.717, 1.165) is 13.0 Å². The molecule has 16 heteroatoms. The minimum Gasteiger partial charge on any atom is -0.481 e. The second-order valence-electron chi connectivity index (χ2n) is 7.58. The molecule has 2 amide bonds. The lowest BCUT2D eigenvalue weighted by Crippen LogP contribution is -2.35. The smallest absolute Gasteiger partial charge is 0.335 e. The molecule has 0 aliphatic rings. The number of hydrogen-bond acceptors (Lipinski definition) is 10. The maximum atomic E-state index is 13.3. The van der Waals surface area contributed by atoms with E-state index in [1.807, 2.05) is 0 Å². The first-order valence-corrected chi connectivity index (χ1v) is 13.9. The lowest BCUT2D eigenvalue weighted by molar-refractivity contribution is -0.147. The number of carbonyl (C=O) groups excluding carboxylic acids is 2. The fraction of sp³-hybridized carbons (Fsp3) is 0.217. The van der Waals surface area contributed by atoms with E-state index in [0.29, 0.717) is 5.69 Å². The van der Waals surface area contributed by atoms with Gasteiger partial charge in [0.2, 0.25) is 21.9 Å². The molecule has 0 bridgehead atoms. The van der Waals surface area contributed by atoms with E-state index < -0.39 is 49.7 Å². The number of nitrogens with zero attached hydrogens (tertiary/aromatic N) is 2. The average molecular weight is 584 g/mol. The molecule has 1 aromatic heterocycles. The van der Waals surface area contributed by atoms with Crippen molar-refractivity contribution < 1.29 is 40.3 Å². The summed E-state index contributed by atoms with van der Waals surface area (Å²) in [7, 11) is -6.56. The predicted octanol–water partition coefficient (Wildman–Crippen LogP) is 2.21. The topological polar surface area (TPSA) is 197 Å². The van der Waals surface area contributed by atoms with Gasteiger partial charge in [-0.3, -0.25) is 10.1 Å². The van der Waals surface area contributed by atoms with Crippen LogP contribution in [-0.4, -0.2) is 52.6 Å². The Labute approximate surface area is 224 Å². The number of amides is 2. The molecule has 1 atom stereocenters. The Kier molecular flexibility index (Phi) is 10.8. The monoisotopic (exact) mass is 583 g/mol. The number of nitrogens with two attached hydrogens (primary N) is 1. The number of methoxy groups -OCH3 is 1. The van der Waals surface area contributed by atoms with E-state index in [9.17, 15) is 30.8 Å². The quantitative estimate of drug-likeness (QED) is 0.331. The van der Waals surface area contributed by atoms with Crippen LogP contribution in [0.4, 0.5) is 15.1 Å². The first-order valence-electron chi connectivity index (χ1n) is 10.9. The molecule has 13 nitrogen and oxygen atoms in total. The first-order chi connectivity index (χ1) is 18.3. The van der Waals surface area contributed by atoms with Gasteiger partial charge in [0.1, 0.15) is 6.67 Å². The van der Waals surface area contributed by atoms with Gasteiger partial charge in [0.25, 0.3) is 10.0 Å². The number of alkyl halides is 1. The number of nitrogens with one attached hydrogen (secondary N) is 2. The molecule has 4 N–H and O–H groups in total. The largest absolute Gasteiger partial charge is 0.481 e. The van der Waals surface area contributed by atoms with Crippen molar-refractivity contribution in [3.63, 3.8) is 0 Å². The van der Waals surface area contributed by atoms with Crippen molar-refractivity contribution in [2.75, 3.05) is 19.1 Å². The minimum atomic E-state index is -4.43. The van der Waals surface area contributed by atoms with Gasteiger partial charge in [0.15, 0.2) is 6.10 Å². The summed E-state index contributed by atoms with van der Waals surface area (Å²) >= 11 is 0. The predicted molar refractivity (Wildman–Crippen MR) is 137 cm³/mol. The van der Waals surface area contributed by atoms with Crippen molar-refractivity contribution >= 4 is 38.0 Å². The van der Waals surface area contributed by atoms with E-state index in [1.54, 1.807) is 29.8 Å². The van der Waals surface area contributed by atoms with E-state index in [-0.39, 0.29) is 22.3 Å². The Morgan fingerprint density at radius 3 is 2.18 bits per heavy atom. The van der Waals surface area contributed by atoms with E-state index >= 15 is 0 Å². The van der Waals surface area contributed by atoms with Crippen LogP contribution in [0.15, 0.2) is 70.5 Å². The van der Waals surface area contributed by atoms with Crippen LogP contribution >= 0.6 is 0 Å². The molecule has 3 aromatic rings. The maximum absolute atomic E-state index is 13.3. The fourth-order valence-corrected chi connectivity index (χ4v) is 4.69. The molecular formula is C23H26FN5O8S2. The third-order valence-electron chi connectivity index (χ3n) is 4.57. The molecule has 2 aromatic carbocycles. The SMILES string of the molecule is COc1cc(C)nc(NC(=O)NS(=O)(=O)c2ccccc2C(CF)OC(C)=O)n1.NS(=O)(=O)c1ccccc1. The number of ether oxygens (including phenoxy) is 2. The Hall–Kier alpha value is -4.15. The zero-order valence-corrected chi connectivity index (χ0v) is 22.6. The summed E-state index contributed by atoms with van der Waals surface area (Å²) < 4.78 is 71.4. The number of urea groups is 1. The Morgan fingerprint density at radius 1 is 1.03 bits per heavy atom. The molecule has 0 radical (unpaired) electrons. The van der Waals surface area contributed by atoms with Gasteiger partial charge in [-0.1, -0.05) is 36.4 Å². The Bertz CT molecular complexity index is 1520. The molecule has 3 rings (SSSR count). The maximum Gasteiger partial charge on any atom is 0.335 e. The summed E-state index contributed by atoms with van der Waals surface area (Å²) in [5.74, 6) is -0.784. The zero-order chi connectivity index (χ0) is 29.2. The molecule has 1 heterocycles. The highest BCUT2D eigenvalue weighted by atomic mass is 32.2. The normalized spacial score (nSPS) is 11.8. The number of esters is 1. The number of anilines is 1. The number of carbonyl (C=O) groups is 2. The Balaban J connectivity index is 0.000000446. The number of primary sulfonamides is 1. The summed E-state index contributed by atoms with van der Waals surface area (Å²) in [6.07, 6.45) is -1.44. The number of rotatable bonds is 8. The van der Waals surface area contributed by atoms with Crippen LogP contribution < -0.4 is 19.9 Å². The molecule has 1 unspecified atom stereocenters. The summed E-state index contributed by atoms with van der Waals surface area (Å²) in [6.45, 7) is 1.56. The summed E-state index contributed by atoms with van der Waals surface area (Å²) in [4.78, 5) is 30.9. The number of hydrogen-bond donors (Lipinski definition) is 3. The van der Waals surface area contributed by atoms with Crippen LogP contribution in [0.5, 0.6) is 5.88 Å². The van der Waals surface area contributed by atoms with Gasteiger partial charge < -0.3 is 9.47 Å². The third kappa shape index (κ3) is 9.59. The molecular weight excluding hydrogens is 557 g/mol. The molecule has 0 aliphatic heterocycles. The molecule has 39 heavy (non-hydrogen) atoms. The lowest BCUT2D eigenvalue weighted by atomic mass is 10.1. The van der Waals surface area contributed by atoms with Gasteiger partial charge >= 0.3 is 12.0 Å². The second kappa shape index (κ2) is 13.6. The second-order valence-corrected chi connectivity index (χ2v) is 10.8. The molecule has 210 valence electrons. The average Bonchev–Trinajstić information content (AvgIpc) is 2.86. The van der Waals surface area contributed by atoms with E-state index in [2.05, 4.69) is 15.3 Å². The third-order valence-corrected chi connectivity index (χ3v) is 6.90. The molecule has 0 aliphatic carbocycles. The van der Waals surface area contributed by atoms with Gasteiger partial charge in [0, 0.05) is 24.2 Å². The highest BCUT2D eigenvalue weighted by Gasteiger charge is 2.27. The number of sulfonamides is 2. The van der Waals surface area contributed by atoms with Crippen LogP contribution in [0.1, 0.15) is 24.3 Å². The van der Waals surface area contributed by atoms with Gasteiger partial charge in [-0.25, -0.2) is 40.9 Å². The highest BCUT2D eigenvalue weighted by molar-refractivity contribution is 7.90. The van der Waals surface area contributed by atoms with Crippen molar-refractivity contribution in [3.05, 3.63) is 71.9 Å². The van der Waals surface area contributed by atoms with E-state index in [1.165, 1.54) is 43.5 Å². The van der Waals surface area contributed by atoms with Crippen molar-refractivity contribution in [1.29, 1.82) is 0 Å². The number of benzene rings is 2. The van der Waals surface area contributed by atoms with Crippen molar-refractivity contribution in [3.8, 4) is 5.88 Å². The fourth-order valence-electron chi connectivity index (χ4n) is 2.98. The minimum absolute atomic E-state index is 0.112. The van der Waals surface area contributed by atoms with Gasteiger partial charge in [-0.2, -0.15) is 4.98 Å². The van der Waals surface area contributed by atoms with Crippen molar-refractivity contribution in [2.45, 2.75) is 29.7 Å². The van der Waals surface area contributed by atoms with Crippen LogP contribution in [-0.2, 0) is 29.6 Å². The van der Waals surface area contributed by atoms with Crippen LogP contribution in [0.3, 0.4) is 0 Å². The van der Waals surface area contributed by atoms with Gasteiger partial charge in [-0.15, -0.1) is 0 Å². The highest BCUT2D eigenvalue weighted by Crippen LogP contribution is 2.26. The summed E-state index contributed by atoms with van der Waals surface area (Å²) in [6, 6.07) is 13.5. The van der Waals surface area contributed by atoms with Crippen LogP contribution in [0, 0.1) is 6.92 Å². The lowest BCUT2D eigenvalue weighted by Gasteiger charge is -2.18. The van der Waals surface area contributed by atoms with Crippen LogP contribution in [0.2, 0.25) is 0 Å². The number of aromatic nitrogens is 2. The molecule has 0 saturated carbocycles. The van der Waals surface area contributed by atoms with Gasteiger partial charge in [0.05, 0.1) is 16.9 Å². The zero-order valence-electron chi connectivity index (χ0n) is 21.0. The first kappa shape index (κ1) is 31.1. The van der Waals surface area contributed by atoms with E-state index in [4.69, 9.17) is 14.6 Å². The molecule has 0 fully saturated rings. The summed E-state index contributed by atoms with van der Waals surface area (Å²) in [5.41, 5.74) is 0.367. The number of aryl methyl sites for hydroxylation is 1. The summed E-state index contributed by atoms with van der Waals surface area (Å²) in [5, 5.41) is 7.02. The van der Waals surface area contributed by atoms with Gasteiger partial charge in [-0.05, 0) is 25.1 Å². The molecule has 0 spiro atoms.